The topological polar surface area (TPSA) is 94.9 Å². The first kappa shape index (κ1) is 39.3. The summed E-state index contributed by atoms with van der Waals surface area (Å²) in [5.74, 6) is 2.05. The second-order valence-corrected chi connectivity index (χ2v) is 17.5. The number of carbonyl (C=O) groups excluding carboxylic acids is 1. The second-order valence-electron chi connectivity index (χ2n) is 16.5. The SMILES string of the molecule is CN1Cc2cc(OCC(=O)N3CCOCC3)ccc2C(C2(O)CCCCC2)C1.CN1Cc2cc(OCCc3cccs3)ccc2C(C2(O)CCCCC2)C1. The van der Waals surface area contributed by atoms with E-state index in [0.29, 0.717) is 32.9 Å². The Morgan fingerprint density at radius 1 is 0.778 bits per heavy atom. The lowest BCUT2D eigenvalue weighted by Crippen LogP contribution is -2.46. The molecule has 3 aliphatic heterocycles. The standard InChI is InChI=1S/C22H32N2O4.C22H29NO2S/c1-23-14-17-13-18(28-16-21(25)24-9-11-27-12-10-24)5-6-19(17)20(15-23)22(26)7-3-2-4-8-22;1-23-15-17-14-18(25-12-9-19-6-5-13-26-19)7-8-20(17)21(16-23)22(24)10-3-2-4-11-22/h5-6,13,20,26H,2-4,7-12,14-16H2,1H3;5-8,13-14,21,24H,2-4,9-12,15-16H2,1H3. The minimum atomic E-state index is -0.601. The van der Waals surface area contributed by atoms with E-state index in [0.717, 1.165) is 95.5 Å². The zero-order valence-electron chi connectivity index (χ0n) is 32.5. The van der Waals surface area contributed by atoms with Crippen LogP contribution in [0.2, 0.25) is 0 Å². The number of nitrogens with zero attached hydrogens (tertiary/aromatic N) is 3. The average Bonchev–Trinajstić information content (AvgIpc) is 3.71. The van der Waals surface area contributed by atoms with Crippen LogP contribution in [0.25, 0.3) is 0 Å². The highest BCUT2D eigenvalue weighted by atomic mass is 32.1. The fraction of sp³-hybridized carbons (Fsp3) is 0.614. The second kappa shape index (κ2) is 17.9. The molecule has 294 valence electrons. The van der Waals surface area contributed by atoms with Gasteiger partial charge in [-0.1, -0.05) is 56.7 Å². The van der Waals surface area contributed by atoms with Crippen LogP contribution < -0.4 is 9.47 Å². The van der Waals surface area contributed by atoms with Crippen LogP contribution >= 0.6 is 11.3 Å². The zero-order chi connectivity index (χ0) is 37.5. The van der Waals surface area contributed by atoms with Crippen molar-refractivity contribution in [2.75, 3.05) is 66.7 Å². The number of thiophene rings is 1. The van der Waals surface area contributed by atoms with Crippen molar-refractivity contribution >= 4 is 17.2 Å². The van der Waals surface area contributed by atoms with Gasteiger partial charge < -0.3 is 39.1 Å². The number of ether oxygens (including phenoxy) is 3. The quantitative estimate of drug-likeness (QED) is 0.248. The highest BCUT2D eigenvalue weighted by molar-refractivity contribution is 7.09. The maximum atomic E-state index is 12.3. The first-order valence-corrected chi connectivity index (χ1v) is 21.3. The van der Waals surface area contributed by atoms with E-state index in [-0.39, 0.29) is 24.3 Å². The minimum absolute atomic E-state index is 0.00697. The molecule has 1 amide bonds. The van der Waals surface area contributed by atoms with E-state index in [4.69, 9.17) is 14.2 Å². The molecule has 9 nitrogen and oxygen atoms in total. The van der Waals surface area contributed by atoms with Gasteiger partial charge in [0.15, 0.2) is 6.61 Å². The van der Waals surface area contributed by atoms with Crippen molar-refractivity contribution in [3.05, 3.63) is 81.0 Å². The van der Waals surface area contributed by atoms with Gasteiger partial charge in [0.25, 0.3) is 5.91 Å². The largest absolute Gasteiger partial charge is 0.493 e. The number of fused-ring (bicyclic) bond motifs is 2. The van der Waals surface area contributed by atoms with Crippen LogP contribution in [0, 0.1) is 0 Å². The Hall–Kier alpha value is -2.99. The molecule has 2 aromatic carbocycles. The lowest BCUT2D eigenvalue weighted by molar-refractivity contribution is -0.137. The van der Waals surface area contributed by atoms with Gasteiger partial charge in [-0.3, -0.25) is 4.79 Å². The third kappa shape index (κ3) is 9.51. The van der Waals surface area contributed by atoms with Gasteiger partial charge in [0.2, 0.25) is 0 Å². The van der Waals surface area contributed by atoms with Crippen LogP contribution in [-0.4, -0.2) is 109 Å². The van der Waals surface area contributed by atoms with Crippen LogP contribution in [0.5, 0.6) is 11.5 Å². The normalized spacial score (nSPS) is 24.0. The van der Waals surface area contributed by atoms with Crippen molar-refractivity contribution in [3.8, 4) is 11.5 Å². The van der Waals surface area contributed by atoms with Gasteiger partial charge in [-0.2, -0.15) is 0 Å². The molecule has 2 atom stereocenters. The smallest absolute Gasteiger partial charge is 0.260 e. The third-order valence-electron chi connectivity index (χ3n) is 12.5. The van der Waals surface area contributed by atoms with E-state index >= 15 is 0 Å². The summed E-state index contributed by atoms with van der Waals surface area (Å²) in [5, 5.41) is 24.8. The molecule has 2 N–H and O–H groups in total. The predicted octanol–water partition coefficient (Wildman–Crippen LogP) is 6.74. The predicted molar refractivity (Wildman–Crippen MR) is 214 cm³/mol. The van der Waals surface area contributed by atoms with Crippen molar-refractivity contribution < 1.29 is 29.2 Å². The summed E-state index contributed by atoms with van der Waals surface area (Å²) in [6.07, 6.45) is 11.6. The fourth-order valence-corrected chi connectivity index (χ4v) is 10.2. The number of morpholine rings is 1. The summed E-state index contributed by atoms with van der Waals surface area (Å²) in [6.45, 7) is 6.85. The molecule has 0 bridgehead atoms. The highest BCUT2D eigenvalue weighted by Gasteiger charge is 2.43. The summed E-state index contributed by atoms with van der Waals surface area (Å²) >= 11 is 1.78. The van der Waals surface area contributed by atoms with E-state index in [1.807, 2.05) is 6.07 Å². The summed E-state index contributed by atoms with van der Waals surface area (Å²) in [7, 11) is 4.27. The van der Waals surface area contributed by atoms with Gasteiger partial charge in [0.1, 0.15) is 11.5 Å². The van der Waals surface area contributed by atoms with E-state index in [9.17, 15) is 15.0 Å². The Labute approximate surface area is 326 Å². The highest BCUT2D eigenvalue weighted by Crippen LogP contribution is 2.45. The maximum absolute atomic E-state index is 12.3. The number of rotatable bonds is 9. The van der Waals surface area contributed by atoms with Crippen molar-refractivity contribution in [3.63, 3.8) is 0 Å². The minimum Gasteiger partial charge on any atom is -0.493 e. The van der Waals surface area contributed by atoms with Gasteiger partial charge in [-0.05, 0) is 97.7 Å². The molecule has 0 spiro atoms. The molecule has 0 radical (unpaired) electrons. The van der Waals surface area contributed by atoms with Crippen molar-refractivity contribution in [2.24, 2.45) is 0 Å². The lowest BCUT2D eigenvalue weighted by Gasteiger charge is -2.44. The number of carbonyl (C=O) groups is 1. The first-order valence-electron chi connectivity index (χ1n) is 20.4. The van der Waals surface area contributed by atoms with Gasteiger partial charge >= 0.3 is 0 Å². The molecule has 4 heterocycles. The van der Waals surface area contributed by atoms with Crippen LogP contribution in [-0.2, 0) is 29.0 Å². The molecule has 3 aromatic rings. The van der Waals surface area contributed by atoms with Crippen LogP contribution in [0.4, 0.5) is 0 Å². The molecule has 1 aromatic heterocycles. The van der Waals surface area contributed by atoms with Crippen LogP contribution in [0.15, 0.2) is 53.9 Å². The molecule has 2 unspecified atom stereocenters. The lowest BCUT2D eigenvalue weighted by atomic mass is 9.70. The number of amides is 1. The number of aliphatic hydroxyl groups is 2. The average molecular weight is 760 g/mol. The summed E-state index contributed by atoms with van der Waals surface area (Å²) in [4.78, 5) is 20.1. The van der Waals surface area contributed by atoms with Crippen LogP contribution in [0.3, 0.4) is 0 Å². The summed E-state index contributed by atoms with van der Waals surface area (Å²) < 4.78 is 17.1. The maximum Gasteiger partial charge on any atom is 0.260 e. The summed E-state index contributed by atoms with van der Waals surface area (Å²) in [5.41, 5.74) is 3.96. The fourth-order valence-electron chi connectivity index (χ4n) is 9.55. The molecule has 5 aliphatic rings. The molecule has 8 rings (SSSR count). The Bertz CT molecular complexity index is 1660. The number of hydrogen-bond acceptors (Lipinski definition) is 9. The van der Waals surface area contributed by atoms with Gasteiger partial charge in [0, 0.05) is 62.4 Å². The van der Waals surface area contributed by atoms with Crippen molar-refractivity contribution in [1.82, 2.24) is 14.7 Å². The Morgan fingerprint density at radius 2 is 1.31 bits per heavy atom. The zero-order valence-corrected chi connectivity index (χ0v) is 33.3. The molecule has 2 saturated carbocycles. The molecule has 54 heavy (non-hydrogen) atoms. The Kier molecular flexibility index (Phi) is 13.0. The van der Waals surface area contributed by atoms with E-state index < -0.39 is 11.2 Å². The Morgan fingerprint density at radius 3 is 1.83 bits per heavy atom. The third-order valence-corrected chi connectivity index (χ3v) is 13.4. The van der Waals surface area contributed by atoms with Crippen LogP contribution in [0.1, 0.15) is 103 Å². The van der Waals surface area contributed by atoms with Gasteiger partial charge in [-0.25, -0.2) is 0 Å². The van der Waals surface area contributed by atoms with E-state index in [1.54, 1.807) is 16.2 Å². The monoisotopic (exact) mass is 759 g/mol. The molecule has 10 heteroatoms. The molecular weight excluding hydrogens is 699 g/mol. The summed E-state index contributed by atoms with van der Waals surface area (Å²) in [6, 6.07) is 16.9. The Balaban J connectivity index is 0.000000167. The molecular formula is C44H61N3O6S. The first-order chi connectivity index (χ1) is 26.2. The van der Waals surface area contributed by atoms with Crippen molar-refractivity contribution in [2.45, 2.75) is 107 Å². The van der Waals surface area contributed by atoms with Gasteiger partial charge in [0.05, 0.1) is 31.0 Å². The number of hydrogen-bond donors (Lipinski definition) is 2. The number of likely N-dealkylation sites (N-methyl/N-ethyl adjacent to an activating group) is 2. The molecule has 2 aliphatic carbocycles. The van der Waals surface area contributed by atoms with E-state index in [1.165, 1.54) is 40.0 Å². The molecule has 3 fully saturated rings. The van der Waals surface area contributed by atoms with Gasteiger partial charge in [-0.15, -0.1) is 11.3 Å². The van der Waals surface area contributed by atoms with E-state index in [2.05, 4.69) is 71.7 Å². The molecule has 1 saturated heterocycles. The van der Waals surface area contributed by atoms with Crippen molar-refractivity contribution in [1.29, 1.82) is 0 Å². The number of benzene rings is 2.